The molecule has 1 aromatic carbocycles. The highest BCUT2D eigenvalue weighted by Crippen LogP contribution is 2.32. The molecule has 2 heterocycles. The molecule has 0 N–H and O–H groups in total. The van der Waals surface area contributed by atoms with Crippen molar-refractivity contribution in [3.05, 3.63) is 47.7 Å². The summed E-state index contributed by atoms with van der Waals surface area (Å²) in [4.78, 5) is 30.7. The summed E-state index contributed by atoms with van der Waals surface area (Å²) in [6.45, 7) is 6.91. The van der Waals surface area contributed by atoms with Crippen LogP contribution in [-0.2, 0) is 14.3 Å². The number of rotatable bonds is 6. The fourth-order valence-electron chi connectivity index (χ4n) is 3.07. The molecule has 2 aromatic heterocycles. The highest BCUT2D eigenvalue weighted by atomic mass is 35.5. The number of carbonyl (C=O) groups is 2. The first-order valence-corrected chi connectivity index (χ1v) is 10.5. The van der Waals surface area contributed by atoms with Gasteiger partial charge in [-0.3, -0.25) is 14.1 Å². The molecular weight excluding hydrogens is 434 g/mol. The van der Waals surface area contributed by atoms with Gasteiger partial charge in [0.2, 0.25) is 0 Å². The molecule has 3 aromatic rings. The van der Waals surface area contributed by atoms with Gasteiger partial charge in [0.25, 0.3) is 0 Å². The number of pyridine rings is 1. The standard InChI is InChI=1S/C23H26ClN3O5/c1-6-31-21(28)14-26(22(29)32-23(2,3)4)15-7-10-20-25-12-19(27(20)13-15)17-9-8-16(30-5)11-18(17)24/h7-13H,6,14H2,1-5H3. The van der Waals surface area contributed by atoms with E-state index < -0.39 is 17.7 Å². The van der Waals surface area contributed by atoms with Crippen LogP contribution in [0.5, 0.6) is 5.75 Å². The van der Waals surface area contributed by atoms with Crippen LogP contribution in [0.4, 0.5) is 10.5 Å². The summed E-state index contributed by atoms with van der Waals surface area (Å²) in [6.07, 6.45) is 2.74. The number of halogens is 1. The van der Waals surface area contributed by atoms with E-state index in [0.717, 1.165) is 11.3 Å². The third-order valence-corrected chi connectivity index (χ3v) is 4.77. The van der Waals surface area contributed by atoms with Gasteiger partial charge < -0.3 is 14.2 Å². The molecule has 3 rings (SSSR count). The Morgan fingerprint density at radius 2 is 1.94 bits per heavy atom. The topological polar surface area (TPSA) is 82.4 Å². The van der Waals surface area contributed by atoms with Crippen molar-refractivity contribution in [2.75, 3.05) is 25.2 Å². The van der Waals surface area contributed by atoms with Gasteiger partial charge in [0.15, 0.2) is 0 Å². The molecule has 0 unspecified atom stereocenters. The second kappa shape index (κ2) is 9.48. The van der Waals surface area contributed by atoms with Crippen molar-refractivity contribution in [2.45, 2.75) is 33.3 Å². The Morgan fingerprint density at radius 1 is 1.19 bits per heavy atom. The fraction of sp³-hybridized carbons (Fsp3) is 0.348. The predicted molar refractivity (Wildman–Crippen MR) is 122 cm³/mol. The molecule has 32 heavy (non-hydrogen) atoms. The summed E-state index contributed by atoms with van der Waals surface area (Å²) in [7, 11) is 1.57. The first-order chi connectivity index (χ1) is 15.1. The van der Waals surface area contributed by atoms with Gasteiger partial charge in [-0.15, -0.1) is 0 Å². The molecule has 0 aliphatic carbocycles. The molecule has 0 fully saturated rings. The molecule has 0 aliphatic rings. The van der Waals surface area contributed by atoms with E-state index in [1.807, 2.05) is 6.07 Å². The number of hydrogen-bond donors (Lipinski definition) is 0. The molecule has 9 heteroatoms. The lowest BCUT2D eigenvalue weighted by molar-refractivity contribution is -0.141. The summed E-state index contributed by atoms with van der Waals surface area (Å²) < 4.78 is 17.6. The number of imidazole rings is 1. The summed E-state index contributed by atoms with van der Waals surface area (Å²) in [5.41, 5.74) is 1.82. The molecular formula is C23H26ClN3O5. The number of anilines is 1. The molecule has 0 radical (unpaired) electrons. The van der Waals surface area contributed by atoms with Crippen LogP contribution in [-0.4, -0.2) is 47.3 Å². The van der Waals surface area contributed by atoms with E-state index >= 15 is 0 Å². The molecule has 170 valence electrons. The van der Waals surface area contributed by atoms with E-state index in [9.17, 15) is 9.59 Å². The van der Waals surface area contributed by atoms with Crippen LogP contribution in [0.25, 0.3) is 16.9 Å². The monoisotopic (exact) mass is 459 g/mol. The van der Waals surface area contributed by atoms with Gasteiger partial charge in [-0.1, -0.05) is 11.6 Å². The number of esters is 1. The van der Waals surface area contributed by atoms with E-state index in [-0.39, 0.29) is 13.2 Å². The summed E-state index contributed by atoms with van der Waals surface area (Å²) in [6, 6.07) is 8.80. The number of amides is 1. The maximum Gasteiger partial charge on any atom is 0.415 e. The van der Waals surface area contributed by atoms with Crippen LogP contribution in [0.15, 0.2) is 42.7 Å². The normalized spacial score (nSPS) is 11.3. The smallest absolute Gasteiger partial charge is 0.415 e. The molecule has 0 spiro atoms. The maximum absolute atomic E-state index is 12.9. The Bertz CT molecular complexity index is 1140. The van der Waals surface area contributed by atoms with Crippen molar-refractivity contribution in [3.63, 3.8) is 0 Å². The van der Waals surface area contributed by atoms with Crippen LogP contribution in [0.2, 0.25) is 5.02 Å². The number of aromatic nitrogens is 2. The maximum atomic E-state index is 12.9. The minimum absolute atomic E-state index is 0.210. The summed E-state index contributed by atoms with van der Waals surface area (Å²) in [5.74, 6) is 0.0984. The van der Waals surface area contributed by atoms with E-state index in [0.29, 0.717) is 22.1 Å². The predicted octanol–water partition coefficient (Wildman–Crippen LogP) is 4.97. The zero-order valence-corrected chi connectivity index (χ0v) is 19.5. The lowest BCUT2D eigenvalue weighted by Gasteiger charge is -2.27. The van der Waals surface area contributed by atoms with Crippen molar-refractivity contribution < 1.29 is 23.8 Å². The minimum Gasteiger partial charge on any atom is -0.497 e. The zero-order valence-electron chi connectivity index (χ0n) is 18.7. The van der Waals surface area contributed by atoms with Crippen LogP contribution in [0, 0.1) is 0 Å². The largest absolute Gasteiger partial charge is 0.497 e. The third-order valence-electron chi connectivity index (χ3n) is 4.46. The van der Waals surface area contributed by atoms with Crippen LogP contribution >= 0.6 is 11.6 Å². The van der Waals surface area contributed by atoms with Gasteiger partial charge >= 0.3 is 12.1 Å². The SMILES string of the molecule is CCOC(=O)CN(C(=O)OC(C)(C)C)c1ccc2ncc(-c3ccc(OC)cc3Cl)n2c1. The molecule has 0 bridgehead atoms. The quantitative estimate of drug-likeness (QED) is 0.484. The highest BCUT2D eigenvalue weighted by molar-refractivity contribution is 6.33. The lowest BCUT2D eigenvalue weighted by atomic mass is 10.1. The molecule has 8 nitrogen and oxygen atoms in total. The van der Waals surface area contributed by atoms with Crippen molar-refractivity contribution in [1.29, 1.82) is 0 Å². The Hall–Kier alpha value is -3.26. The van der Waals surface area contributed by atoms with Gasteiger partial charge in [-0.05, 0) is 58.0 Å². The Morgan fingerprint density at radius 3 is 2.56 bits per heavy atom. The second-order valence-electron chi connectivity index (χ2n) is 7.98. The average molecular weight is 460 g/mol. The minimum atomic E-state index is -0.731. The fourth-order valence-corrected chi connectivity index (χ4v) is 3.34. The highest BCUT2D eigenvalue weighted by Gasteiger charge is 2.26. The summed E-state index contributed by atoms with van der Waals surface area (Å²) >= 11 is 6.46. The lowest BCUT2D eigenvalue weighted by Crippen LogP contribution is -2.40. The van der Waals surface area contributed by atoms with Crippen molar-refractivity contribution >= 4 is 35.0 Å². The van der Waals surface area contributed by atoms with Crippen LogP contribution in [0.3, 0.4) is 0 Å². The van der Waals surface area contributed by atoms with Crippen LogP contribution < -0.4 is 9.64 Å². The van der Waals surface area contributed by atoms with Gasteiger partial charge in [0.1, 0.15) is 23.5 Å². The van der Waals surface area contributed by atoms with Gasteiger partial charge in [-0.2, -0.15) is 0 Å². The molecule has 0 saturated heterocycles. The number of nitrogens with zero attached hydrogens (tertiary/aromatic N) is 3. The average Bonchev–Trinajstić information content (AvgIpc) is 3.13. The number of benzene rings is 1. The molecule has 0 atom stereocenters. The van der Waals surface area contributed by atoms with Gasteiger partial charge in [0.05, 0.1) is 36.3 Å². The molecule has 1 amide bonds. The number of hydrogen-bond acceptors (Lipinski definition) is 6. The van der Waals surface area contributed by atoms with E-state index in [4.69, 9.17) is 25.8 Å². The first-order valence-electron chi connectivity index (χ1n) is 10.1. The third kappa shape index (κ3) is 5.31. The number of ether oxygens (including phenoxy) is 3. The van der Waals surface area contributed by atoms with E-state index in [1.54, 1.807) is 75.9 Å². The Balaban J connectivity index is 2.05. The Kier molecular flexibility index (Phi) is 6.93. The van der Waals surface area contributed by atoms with E-state index in [1.165, 1.54) is 4.90 Å². The van der Waals surface area contributed by atoms with Gasteiger partial charge in [0, 0.05) is 11.8 Å². The molecule has 0 saturated carbocycles. The summed E-state index contributed by atoms with van der Waals surface area (Å²) in [5, 5.41) is 0.493. The van der Waals surface area contributed by atoms with Crippen molar-refractivity contribution in [1.82, 2.24) is 9.38 Å². The first kappa shape index (κ1) is 23.4. The number of carbonyl (C=O) groups excluding carboxylic acids is 2. The molecule has 0 aliphatic heterocycles. The van der Waals surface area contributed by atoms with Crippen LogP contribution in [0.1, 0.15) is 27.7 Å². The van der Waals surface area contributed by atoms with Gasteiger partial charge in [-0.25, -0.2) is 9.78 Å². The number of methoxy groups -OCH3 is 1. The van der Waals surface area contributed by atoms with Crippen molar-refractivity contribution in [3.8, 4) is 17.0 Å². The van der Waals surface area contributed by atoms with E-state index in [2.05, 4.69) is 4.98 Å². The Labute approximate surface area is 191 Å². The van der Waals surface area contributed by atoms with Crippen molar-refractivity contribution in [2.24, 2.45) is 0 Å². The zero-order chi connectivity index (χ0) is 23.5. The number of fused-ring (bicyclic) bond motifs is 1. The second-order valence-corrected chi connectivity index (χ2v) is 8.38.